The lowest BCUT2D eigenvalue weighted by atomic mass is 9.99. The zero-order valence-corrected chi connectivity index (χ0v) is 8.98. The molecule has 3 rings (SSSR count). The smallest absolute Gasteiger partial charge is 0.0390 e. The maximum Gasteiger partial charge on any atom is 0.0390 e. The largest absolute Gasteiger partial charge is 0.398 e. The predicted molar refractivity (Wildman–Crippen MR) is 69.0 cm³/mol. The van der Waals surface area contributed by atoms with E-state index in [0.717, 1.165) is 12.1 Å². The summed E-state index contributed by atoms with van der Waals surface area (Å²) in [4.78, 5) is 0. The van der Waals surface area contributed by atoms with Crippen molar-refractivity contribution in [3.63, 3.8) is 0 Å². The van der Waals surface area contributed by atoms with Gasteiger partial charge in [-0.2, -0.15) is 0 Å². The third-order valence-corrected chi connectivity index (χ3v) is 3.10. The molecule has 0 radical (unpaired) electrons. The van der Waals surface area contributed by atoms with Gasteiger partial charge in [0.1, 0.15) is 0 Å². The quantitative estimate of drug-likeness (QED) is 0.562. The van der Waals surface area contributed by atoms with Crippen LogP contribution in [0.3, 0.4) is 0 Å². The summed E-state index contributed by atoms with van der Waals surface area (Å²) in [5.74, 6) is 0. The predicted octanol–water partition coefficient (Wildman–Crippen LogP) is 3.34. The van der Waals surface area contributed by atoms with Crippen molar-refractivity contribution in [1.29, 1.82) is 0 Å². The highest BCUT2D eigenvalue weighted by Gasteiger charge is 2.09. The van der Waals surface area contributed by atoms with Crippen molar-refractivity contribution in [3.05, 3.63) is 64.7 Å². The van der Waals surface area contributed by atoms with E-state index in [-0.39, 0.29) is 0 Å². The molecule has 1 nitrogen and oxygen atoms in total. The van der Waals surface area contributed by atoms with Gasteiger partial charge in [-0.3, -0.25) is 0 Å². The molecule has 1 aliphatic rings. The molecular formula is C15H13N. The molecule has 0 fully saturated rings. The van der Waals surface area contributed by atoms with Gasteiger partial charge in [-0.25, -0.2) is 0 Å². The van der Waals surface area contributed by atoms with Crippen LogP contribution in [0.1, 0.15) is 22.3 Å². The summed E-state index contributed by atoms with van der Waals surface area (Å²) < 4.78 is 0. The van der Waals surface area contributed by atoms with Gasteiger partial charge in [0.2, 0.25) is 0 Å². The summed E-state index contributed by atoms with van der Waals surface area (Å²) in [7, 11) is 0. The molecule has 0 heterocycles. The van der Waals surface area contributed by atoms with Crippen LogP contribution in [0.2, 0.25) is 0 Å². The van der Waals surface area contributed by atoms with Gasteiger partial charge < -0.3 is 5.73 Å². The molecule has 1 heteroatoms. The van der Waals surface area contributed by atoms with Gasteiger partial charge in [0.05, 0.1) is 0 Å². The van der Waals surface area contributed by atoms with Crippen LogP contribution in [0.25, 0.3) is 12.2 Å². The molecule has 78 valence electrons. The molecule has 1 aliphatic carbocycles. The van der Waals surface area contributed by atoms with Crippen molar-refractivity contribution in [2.45, 2.75) is 6.42 Å². The third-order valence-electron chi connectivity index (χ3n) is 3.10. The van der Waals surface area contributed by atoms with Gasteiger partial charge in [0.15, 0.2) is 0 Å². The first-order chi connectivity index (χ1) is 7.84. The van der Waals surface area contributed by atoms with Gasteiger partial charge in [0.25, 0.3) is 0 Å². The number of rotatable bonds is 0. The van der Waals surface area contributed by atoms with E-state index in [1.165, 1.54) is 22.3 Å². The number of nitrogen functional groups attached to an aromatic ring is 1. The molecule has 16 heavy (non-hydrogen) atoms. The Balaban J connectivity index is 2.21. The molecule has 0 unspecified atom stereocenters. The van der Waals surface area contributed by atoms with Crippen molar-refractivity contribution < 1.29 is 0 Å². The highest BCUT2D eigenvalue weighted by Crippen LogP contribution is 2.27. The Kier molecular flexibility index (Phi) is 2.03. The van der Waals surface area contributed by atoms with E-state index >= 15 is 0 Å². The Morgan fingerprint density at radius 2 is 1.62 bits per heavy atom. The lowest BCUT2D eigenvalue weighted by molar-refractivity contribution is 1.19. The van der Waals surface area contributed by atoms with Gasteiger partial charge >= 0.3 is 0 Å². The minimum atomic E-state index is 0.863. The highest BCUT2D eigenvalue weighted by atomic mass is 14.6. The van der Waals surface area contributed by atoms with Crippen LogP contribution >= 0.6 is 0 Å². The number of fused-ring (bicyclic) bond motifs is 2. The molecule has 0 aromatic heterocycles. The van der Waals surface area contributed by atoms with E-state index in [4.69, 9.17) is 5.73 Å². The fourth-order valence-corrected chi connectivity index (χ4v) is 2.23. The lowest BCUT2D eigenvalue weighted by Gasteiger charge is -2.07. The second kappa shape index (κ2) is 3.53. The molecule has 0 aliphatic heterocycles. The van der Waals surface area contributed by atoms with E-state index in [2.05, 4.69) is 42.5 Å². The first-order valence-corrected chi connectivity index (χ1v) is 5.48. The Labute approximate surface area is 95.2 Å². The summed E-state index contributed by atoms with van der Waals surface area (Å²) in [6, 6.07) is 14.6. The first-order valence-electron chi connectivity index (χ1n) is 5.48. The minimum absolute atomic E-state index is 0.863. The van der Waals surface area contributed by atoms with E-state index < -0.39 is 0 Å². The third kappa shape index (κ3) is 1.41. The number of hydrogen-bond donors (Lipinski definition) is 1. The molecule has 2 N–H and O–H groups in total. The maximum absolute atomic E-state index is 5.99. The summed E-state index contributed by atoms with van der Waals surface area (Å²) >= 11 is 0. The van der Waals surface area contributed by atoms with Crippen LogP contribution in [-0.2, 0) is 6.42 Å². The average molecular weight is 207 g/mol. The molecule has 0 amide bonds. The summed E-state index contributed by atoms with van der Waals surface area (Å²) in [6.07, 6.45) is 5.23. The minimum Gasteiger partial charge on any atom is -0.398 e. The van der Waals surface area contributed by atoms with Crippen molar-refractivity contribution in [3.8, 4) is 0 Å². The van der Waals surface area contributed by atoms with Crippen molar-refractivity contribution in [1.82, 2.24) is 0 Å². The second-order valence-corrected chi connectivity index (χ2v) is 4.13. The van der Waals surface area contributed by atoms with Crippen molar-refractivity contribution >= 4 is 17.8 Å². The topological polar surface area (TPSA) is 26.0 Å². The monoisotopic (exact) mass is 207 g/mol. The molecule has 0 bridgehead atoms. The van der Waals surface area contributed by atoms with Crippen LogP contribution in [0, 0.1) is 0 Å². The van der Waals surface area contributed by atoms with E-state index in [1.54, 1.807) is 0 Å². The number of nitrogens with two attached hydrogens (primary N) is 1. The molecule has 2 aromatic carbocycles. The molecule has 2 aromatic rings. The Morgan fingerprint density at radius 1 is 0.812 bits per heavy atom. The van der Waals surface area contributed by atoms with E-state index in [0.29, 0.717) is 0 Å². The first kappa shape index (κ1) is 9.22. The van der Waals surface area contributed by atoms with Crippen LogP contribution in [-0.4, -0.2) is 0 Å². The molecule has 0 spiro atoms. The SMILES string of the molecule is Nc1cccc2c1C=Cc1ccccc1C2. The van der Waals surface area contributed by atoms with Crippen molar-refractivity contribution in [2.24, 2.45) is 0 Å². The van der Waals surface area contributed by atoms with E-state index in [1.807, 2.05) is 12.1 Å². The zero-order valence-electron chi connectivity index (χ0n) is 8.98. The number of hydrogen-bond acceptors (Lipinski definition) is 1. The zero-order chi connectivity index (χ0) is 11.0. The lowest BCUT2D eigenvalue weighted by Crippen LogP contribution is -1.95. The van der Waals surface area contributed by atoms with Crippen LogP contribution in [0.4, 0.5) is 5.69 Å². The highest BCUT2D eigenvalue weighted by molar-refractivity contribution is 5.80. The summed E-state index contributed by atoms with van der Waals surface area (Å²) in [6.45, 7) is 0. The fourth-order valence-electron chi connectivity index (χ4n) is 2.23. The Bertz CT molecular complexity index is 567. The fraction of sp³-hybridized carbons (Fsp3) is 0.0667. The second-order valence-electron chi connectivity index (χ2n) is 4.13. The van der Waals surface area contributed by atoms with Gasteiger partial charge in [-0.05, 0) is 29.2 Å². The molecular weight excluding hydrogens is 194 g/mol. The van der Waals surface area contributed by atoms with Gasteiger partial charge in [-0.1, -0.05) is 48.6 Å². The van der Waals surface area contributed by atoms with Crippen LogP contribution < -0.4 is 5.73 Å². The van der Waals surface area contributed by atoms with Gasteiger partial charge in [-0.15, -0.1) is 0 Å². The summed E-state index contributed by atoms with van der Waals surface area (Å²) in [5, 5.41) is 0. The molecule has 0 saturated carbocycles. The molecule has 0 atom stereocenters. The van der Waals surface area contributed by atoms with Crippen LogP contribution in [0.15, 0.2) is 42.5 Å². The molecule has 0 saturated heterocycles. The normalized spacial score (nSPS) is 12.8. The number of benzene rings is 2. The Morgan fingerprint density at radius 3 is 2.56 bits per heavy atom. The Hall–Kier alpha value is -2.02. The van der Waals surface area contributed by atoms with Gasteiger partial charge in [0, 0.05) is 11.3 Å². The maximum atomic E-state index is 5.99. The standard InChI is InChI=1S/C15H13N/c16-15-7-3-6-13-10-12-5-2-1-4-11(12)8-9-14(13)15/h1-9H,10,16H2. The van der Waals surface area contributed by atoms with Crippen molar-refractivity contribution in [2.75, 3.05) is 5.73 Å². The van der Waals surface area contributed by atoms with E-state index in [9.17, 15) is 0 Å². The van der Waals surface area contributed by atoms with Crippen LogP contribution in [0.5, 0.6) is 0 Å². The average Bonchev–Trinajstić information content (AvgIpc) is 2.48. The summed E-state index contributed by atoms with van der Waals surface area (Å²) in [5.41, 5.74) is 12.0. The number of anilines is 1.